The van der Waals surface area contributed by atoms with Crippen molar-refractivity contribution in [2.75, 3.05) is 7.11 Å². The van der Waals surface area contributed by atoms with Crippen molar-refractivity contribution >= 4 is 24.0 Å². The van der Waals surface area contributed by atoms with Crippen molar-refractivity contribution in [1.82, 2.24) is 5.32 Å². The van der Waals surface area contributed by atoms with Gasteiger partial charge < -0.3 is 10.1 Å². The molecule has 0 saturated heterocycles. The molecule has 2 atom stereocenters. The number of halogens is 2. The summed E-state index contributed by atoms with van der Waals surface area (Å²) >= 11 is 6.30. The van der Waals surface area contributed by atoms with Crippen LogP contribution < -0.4 is 10.1 Å². The van der Waals surface area contributed by atoms with Gasteiger partial charge in [0.15, 0.2) is 0 Å². The lowest BCUT2D eigenvalue weighted by Crippen LogP contribution is -2.17. The van der Waals surface area contributed by atoms with Crippen molar-refractivity contribution in [2.24, 2.45) is 0 Å². The third-order valence-electron chi connectivity index (χ3n) is 3.84. The fourth-order valence-electron chi connectivity index (χ4n) is 2.58. The largest absolute Gasteiger partial charge is 0.495 e. The normalized spacial score (nSPS) is 19.7. The molecule has 1 unspecified atom stereocenters. The fourth-order valence-corrected chi connectivity index (χ4v) is 2.85. The van der Waals surface area contributed by atoms with E-state index < -0.39 is 0 Å². The maximum atomic E-state index is 6.30. The van der Waals surface area contributed by atoms with Gasteiger partial charge in [-0.1, -0.05) is 54.1 Å². The average Bonchev–Trinajstić information content (AvgIpc) is 3.27. The molecular formula is C17H19Cl2NO. The first-order chi connectivity index (χ1) is 9.79. The minimum atomic E-state index is 0. The Morgan fingerprint density at radius 2 is 1.90 bits per heavy atom. The van der Waals surface area contributed by atoms with Crippen molar-refractivity contribution in [2.45, 2.75) is 24.9 Å². The molecule has 0 radical (unpaired) electrons. The molecule has 0 aromatic heterocycles. The molecule has 0 amide bonds. The third-order valence-corrected chi connectivity index (χ3v) is 4.27. The van der Waals surface area contributed by atoms with E-state index in [2.05, 4.69) is 35.6 Å². The standard InChI is InChI=1S/C17H18ClNO.ClH/c1-20-16-9-5-8-13(17(16)18)11-19-15-10-14(15)12-6-3-2-4-7-12;/h2-9,14-15,19H,10-11H2,1H3;1H/t14?,15-;/m0./s1. The van der Waals surface area contributed by atoms with Crippen molar-refractivity contribution in [3.63, 3.8) is 0 Å². The first-order valence-corrected chi connectivity index (χ1v) is 7.27. The lowest BCUT2D eigenvalue weighted by atomic mass is 10.1. The number of benzene rings is 2. The zero-order chi connectivity index (χ0) is 13.9. The molecule has 2 aromatic carbocycles. The highest BCUT2D eigenvalue weighted by Gasteiger charge is 2.37. The van der Waals surface area contributed by atoms with Crippen molar-refractivity contribution in [3.8, 4) is 5.75 Å². The second-order valence-electron chi connectivity index (χ2n) is 5.17. The van der Waals surface area contributed by atoms with Gasteiger partial charge in [-0.3, -0.25) is 0 Å². The summed E-state index contributed by atoms with van der Waals surface area (Å²) in [7, 11) is 1.64. The Kier molecular flexibility index (Phi) is 5.51. The van der Waals surface area contributed by atoms with Gasteiger partial charge in [0.1, 0.15) is 5.75 Å². The molecule has 4 heteroatoms. The molecule has 0 heterocycles. The van der Waals surface area contributed by atoms with Crippen LogP contribution in [0.3, 0.4) is 0 Å². The minimum absolute atomic E-state index is 0. The van der Waals surface area contributed by atoms with Crippen LogP contribution in [0.5, 0.6) is 5.75 Å². The van der Waals surface area contributed by atoms with Gasteiger partial charge in [-0.25, -0.2) is 0 Å². The van der Waals surface area contributed by atoms with Crippen molar-refractivity contribution in [3.05, 3.63) is 64.7 Å². The Morgan fingerprint density at radius 1 is 1.14 bits per heavy atom. The van der Waals surface area contributed by atoms with Gasteiger partial charge in [0.2, 0.25) is 0 Å². The smallest absolute Gasteiger partial charge is 0.137 e. The molecule has 0 spiro atoms. The van der Waals surface area contributed by atoms with Crippen LogP contribution in [-0.2, 0) is 6.54 Å². The summed E-state index contributed by atoms with van der Waals surface area (Å²) < 4.78 is 5.24. The Balaban J connectivity index is 0.00000161. The topological polar surface area (TPSA) is 21.3 Å². The predicted octanol–water partition coefficient (Wildman–Crippen LogP) is 4.42. The van der Waals surface area contributed by atoms with E-state index in [9.17, 15) is 0 Å². The highest BCUT2D eigenvalue weighted by Crippen LogP contribution is 2.41. The summed E-state index contributed by atoms with van der Waals surface area (Å²) in [5.41, 5.74) is 2.51. The van der Waals surface area contributed by atoms with Gasteiger partial charge >= 0.3 is 0 Å². The van der Waals surface area contributed by atoms with E-state index in [1.54, 1.807) is 7.11 Å². The van der Waals surface area contributed by atoms with E-state index in [0.29, 0.717) is 17.0 Å². The number of ether oxygens (including phenoxy) is 1. The van der Waals surface area contributed by atoms with Crippen LogP contribution in [0.4, 0.5) is 0 Å². The number of hydrogen-bond acceptors (Lipinski definition) is 2. The minimum Gasteiger partial charge on any atom is -0.495 e. The first kappa shape index (κ1) is 16.2. The van der Waals surface area contributed by atoms with Crippen LogP contribution in [0.1, 0.15) is 23.5 Å². The van der Waals surface area contributed by atoms with Crippen molar-refractivity contribution in [1.29, 1.82) is 0 Å². The second kappa shape index (κ2) is 7.17. The average molecular weight is 324 g/mol. The maximum absolute atomic E-state index is 6.30. The molecule has 1 saturated carbocycles. The highest BCUT2D eigenvalue weighted by atomic mass is 35.5. The Morgan fingerprint density at radius 3 is 2.62 bits per heavy atom. The lowest BCUT2D eigenvalue weighted by Gasteiger charge is -2.09. The summed E-state index contributed by atoms with van der Waals surface area (Å²) in [6.45, 7) is 0.782. The maximum Gasteiger partial charge on any atom is 0.137 e. The van der Waals surface area contributed by atoms with Crippen LogP contribution in [-0.4, -0.2) is 13.2 Å². The summed E-state index contributed by atoms with van der Waals surface area (Å²) in [6.07, 6.45) is 1.20. The summed E-state index contributed by atoms with van der Waals surface area (Å²) in [4.78, 5) is 0. The molecule has 1 aliphatic rings. The highest BCUT2D eigenvalue weighted by molar-refractivity contribution is 6.32. The zero-order valence-electron chi connectivity index (χ0n) is 11.9. The molecule has 112 valence electrons. The van der Waals surface area contributed by atoms with Gasteiger partial charge in [-0.2, -0.15) is 0 Å². The van der Waals surface area contributed by atoms with Gasteiger partial charge in [0.05, 0.1) is 12.1 Å². The van der Waals surface area contributed by atoms with Crippen LogP contribution in [0.15, 0.2) is 48.5 Å². The van der Waals surface area contributed by atoms with Crippen molar-refractivity contribution < 1.29 is 4.74 Å². The lowest BCUT2D eigenvalue weighted by molar-refractivity contribution is 0.414. The number of methoxy groups -OCH3 is 1. The SMILES string of the molecule is COc1cccc(CN[C@H]2CC2c2ccccc2)c1Cl.Cl. The third kappa shape index (κ3) is 3.70. The Labute approximate surface area is 136 Å². The molecule has 3 rings (SSSR count). The summed E-state index contributed by atoms with van der Waals surface area (Å²) in [5, 5.41) is 4.28. The fraction of sp³-hybridized carbons (Fsp3) is 0.294. The van der Waals surface area contributed by atoms with Crippen LogP contribution in [0.2, 0.25) is 5.02 Å². The number of nitrogens with one attached hydrogen (secondary N) is 1. The van der Waals surface area contributed by atoms with E-state index in [0.717, 1.165) is 17.9 Å². The quantitative estimate of drug-likeness (QED) is 0.879. The molecule has 0 aliphatic heterocycles. The molecule has 1 aliphatic carbocycles. The van der Waals surface area contributed by atoms with E-state index in [4.69, 9.17) is 16.3 Å². The predicted molar refractivity (Wildman–Crippen MR) is 89.7 cm³/mol. The van der Waals surface area contributed by atoms with Gasteiger partial charge in [-0.15, -0.1) is 12.4 Å². The monoisotopic (exact) mass is 323 g/mol. The molecule has 21 heavy (non-hydrogen) atoms. The Bertz CT molecular complexity index is 589. The van der Waals surface area contributed by atoms with E-state index in [1.165, 1.54) is 12.0 Å². The van der Waals surface area contributed by atoms with Crippen LogP contribution >= 0.6 is 24.0 Å². The second-order valence-corrected chi connectivity index (χ2v) is 5.55. The van der Waals surface area contributed by atoms with Gasteiger partial charge in [0.25, 0.3) is 0 Å². The van der Waals surface area contributed by atoms with E-state index in [1.807, 2.05) is 18.2 Å². The number of hydrogen-bond donors (Lipinski definition) is 1. The molecule has 2 aromatic rings. The van der Waals surface area contributed by atoms with Crippen LogP contribution in [0, 0.1) is 0 Å². The first-order valence-electron chi connectivity index (χ1n) is 6.89. The molecule has 1 N–H and O–H groups in total. The van der Waals surface area contributed by atoms with E-state index >= 15 is 0 Å². The number of rotatable bonds is 5. The summed E-state index contributed by atoms with van der Waals surface area (Å²) in [5.74, 6) is 1.38. The van der Waals surface area contributed by atoms with E-state index in [-0.39, 0.29) is 12.4 Å². The van der Waals surface area contributed by atoms with Gasteiger partial charge in [0, 0.05) is 18.5 Å². The van der Waals surface area contributed by atoms with Gasteiger partial charge in [-0.05, 0) is 23.6 Å². The molecule has 0 bridgehead atoms. The molecular weight excluding hydrogens is 305 g/mol. The van der Waals surface area contributed by atoms with Crippen LogP contribution in [0.25, 0.3) is 0 Å². The Hall–Kier alpha value is -1.22. The zero-order valence-corrected chi connectivity index (χ0v) is 13.5. The summed E-state index contributed by atoms with van der Waals surface area (Å²) in [6, 6.07) is 17.1. The molecule has 2 nitrogen and oxygen atoms in total. The molecule has 1 fully saturated rings.